The minimum absolute atomic E-state index is 0.275. The maximum Gasteiger partial charge on any atom is 0.0422 e. The third-order valence-electron chi connectivity index (χ3n) is 3.11. The van der Waals surface area contributed by atoms with Gasteiger partial charge in [0.15, 0.2) is 0 Å². The molecule has 0 saturated carbocycles. The second-order valence-corrected chi connectivity index (χ2v) is 5.13. The van der Waals surface area contributed by atoms with Crippen molar-refractivity contribution in [3.05, 3.63) is 64.4 Å². The molecule has 19 heavy (non-hydrogen) atoms. The predicted molar refractivity (Wildman–Crippen MR) is 80.5 cm³/mol. The van der Waals surface area contributed by atoms with Crippen LogP contribution in [0.5, 0.6) is 0 Å². The van der Waals surface area contributed by atoms with Gasteiger partial charge in [0.1, 0.15) is 0 Å². The number of nitrogens with one attached hydrogen (secondary N) is 1. The van der Waals surface area contributed by atoms with Gasteiger partial charge in [0.05, 0.1) is 0 Å². The standard InChI is InChI=1S/C16H19ClN2/c1-3-18-16(13-5-7-14(17)8-6-13)10-15-9-4-12(2)11-19-15/h4-9,11,16,18H,3,10H2,1-2H3. The molecular formula is C16H19ClN2. The lowest BCUT2D eigenvalue weighted by Crippen LogP contribution is -2.23. The van der Waals surface area contributed by atoms with Crippen molar-refractivity contribution in [1.29, 1.82) is 0 Å². The third kappa shape index (κ3) is 4.05. The molecule has 3 heteroatoms. The zero-order valence-electron chi connectivity index (χ0n) is 11.4. The van der Waals surface area contributed by atoms with Crippen molar-refractivity contribution in [2.45, 2.75) is 26.3 Å². The molecule has 0 bridgehead atoms. The summed E-state index contributed by atoms with van der Waals surface area (Å²) in [7, 11) is 0. The van der Waals surface area contributed by atoms with Gasteiger partial charge in [0, 0.05) is 29.4 Å². The van der Waals surface area contributed by atoms with Gasteiger partial charge in [0.25, 0.3) is 0 Å². The van der Waals surface area contributed by atoms with E-state index in [0.29, 0.717) is 0 Å². The molecule has 1 aromatic carbocycles. The smallest absolute Gasteiger partial charge is 0.0422 e. The van der Waals surface area contributed by atoms with E-state index in [9.17, 15) is 0 Å². The Morgan fingerprint density at radius 1 is 1.16 bits per heavy atom. The fourth-order valence-electron chi connectivity index (χ4n) is 2.08. The highest BCUT2D eigenvalue weighted by Gasteiger charge is 2.11. The minimum atomic E-state index is 0.275. The molecule has 1 N–H and O–H groups in total. The first-order valence-corrected chi connectivity index (χ1v) is 6.97. The lowest BCUT2D eigenvalue weighted by atomic mass is 10.0. The van der Waals surface area contributed by atoms with E-state index < -0.39 is 0 Å². The zero-order valence-corrected chi connectivity index (χ0v) is 12.1. The Morgan fingerprint density at radius 3 is 2.47 bits per heavy atom. The summed E-state index contributed by atoms with van der Waals surface area (Å²) in [6, 6.07) is 12.5. The topological polar surface area (TPSA) is 24.9 Å². The van der Waals surface area contributed by atoms with Gasteiger partial charge in [-0.05, 0) is 42.8 Å². The molecule has 2 rings (SSSR count). The maximum atomic E-state index is 5.94. The van der Waals surface area contributed by atoms with Gasteiger partial charge in [-0.3, -0.25) is 4.98 Å². The van der Waals surface area contributed by atoms with Gasteiger partial charge < -0.3 is 5.32 Å². The molecule has 1 atom stereocenters. The van der Waals surface area contributed by atoms with Crippen LogP contribution in [-0.2, 0) is 6.42 Å². The summed E-state index contributed by atoms with van der Waals surface area (Å²) < 4.78 is 0. The number of aromatic nitrogens is 1. The van der Waals surface area contributed by atoms with Gasteiger partial charge in [-0.15, -0.1) is 0 Å². The number of aryl methyl sites for hydroxylation is 1. The van der Waals surface area contributed by atoms with Crippen molar-refractivity contribution in [3.8, 4) is 0 Å². The van der Waals surface area contributed by atoms with E-state index in [-0.39, 0.29) is 6.04 Å². The van der Waals surface area contributed by atoms with Gasteiger partial charge in [0.2, 0.25) is 0 Å². The molecule has 0 aliphatic heterocycles. The van der Waals surface area contributed by atoms with E-state index in [1.165, 1.54) is 11.1 Å². The van der Waals surface area contributed by atoms with Crippen LogP contribution in [0.4, 0.5) is 0 Å². The number of hydrogen-bond donors (Lipinski definition) is 1. The van der Waals surface area contributed by atoms with E-state index in [2.05, 4.69) is 48.4 Å². The summed E-state index contributed by atoms with van der Waals surface area (Å²) in [5.41, 5.74) is 3.54. The van der Waals surface area contributed by atoms with Crippen LogP contribution in [0.2, 0.25) is 5.02 Å². The second-order valence-electron chi connectivity index (χ2n) is 4.69. The summed E-state index contributed by atoms with van der Waals surface area (Å²) in [4.78, 5) is 4.48. The van der Waals surface area contributed by atoms with Gasteiger partial charge in [-0.2, -0.15) is 0 Å². The zero-order chi connectivity index (χ0) is 13.7. The summed E-state index contributed by atoms with van der Waals surface area (Å²) in [6.45, 7) is 5.10. The Balaban J connectivity index is 2.15. The van der Waals surface area contributed by atoms with E-state index in [0.717, 1.165) is 23.7 Å². The van der Waals surface area contributed by atoms with Crippen molar-refractivity contribution >= 4 is 11.6 Å². The van der Waals surface area contributed by atoms with Crippen LogP contribution in [0.3, 0.4) is 0 Å². The average Bonchev–Trinajstić information content (AvgIpc) is 2.42. The Hall–Kier alpha value is -1.38. The Labute approximate surface area is 119 Å². The van der Waals surface area contributed by atoms with Crippen molar-refractivity contribution < 1.29 is 0 Å². The quantitative estimate of drug-likeness (QED) is 0.893. The molecule has 100 valence electrons. The molecule has 0 spiro atoms. The van der Waals surface area contributed by atoms with E-state index >= 15 is 0 Å². The van der Waals surface area contributed by atoms with Crippen LogP contribution in [0.1, 0.15) is 29.8 Å². The predicted octanol–water partition coefficient (Wildman–Crippen LogP) is 3.94. The first-order chi connectivity index (χ1) is 9.19. The normalized spacial score (nSPS) is 12.4. The fraction of sp³-hybridized carbons (Fsp3) is 0.312. The number of hydrogen-bond acceptors (Lipinski definition) is 2. The molecule has 0 fully saturated rings. The SMILES string of the molecule is CCNC(Cc1ccc(C)cn1)c1ccc(Cl)cc1. The lowest BCUT2D eigenvalue weighted by Gasteiger charge is -2.18. The molecule has 1 unspecified atom stereocenters. The molecule has 0 aliphatic rings. The first-order valence-electron chi connectivity index (χ1n) is 6.59. The van der Waals surface area contributed by atoms with Crippen molar-refractivity contribution in [2.24, 2.45) is 0 Å². The highest BCUT2D eigenvalue weighted by Crippen LogP contribution is 2.20. The lowest BCUT2D eigenvalue weighted by molar-refractivity contribution is 0.544. The van der Waals surface area contributed by atoms with E-state index in [1.54, 1.807) is 0 Å². The van der Waals surface area contributed by atoms with Crippen LogP contribution in [0.25, 0.3) is 0 Å². The largest absolute Gasteiger partial charge is 0.310 e. The van der Waals surface area contributed by atoms with E-state index in [1.807, 2.05) is 18.3 Å². The number of rotatable bonds is 5. The van der Waals surface area contributed by atoms with Crippen LogP contribution < -0.4 is 5.32 Å². The Bertz CT molecular complexity index is 505. The number of likely N-dealkylation sites (N-methyl/N-ethyl adjacent to an activating group) is 1. The summed E-state index contributed by atoms with van der Waals surface area (Å²) in [5.74, 6) is 0. The third-order valence-corrected chi connectivity index (χ3v) is 3.36. The number of pyridine rings is 1. The fourth-order valence-corrected chi connectivity index (χ4v) is 2.20. The van der Waals surface area contributed by atoms with Crippen LogP contribution >= 0.6 is 11.6 Å². The molecule has 2 aromatic rings. The van der Waals surface area contributed by atoms with E-state index in [4.69, 9.17) is 11.6 Å². The molecular weight excluding hydrogens is 256 g/mol. The highest BCUT2D eigenvalue weighted by atomic mass is 35.5. The Morgan fingerprint density at radius 2 is 1.89 bits per heavy atom. The summed E-state index contributed by atoms with van der Waals surface area (Å²) in [6.07, 6.45) is 2.80. The molecule has 0 amide bonds. The van der Waals surface area contributed by atoms with Crippen LogP contribution in [-0.4, -0.2) is 11.5 Å². The molecule has 1 aromatic heterocycles. The molecule has 0 aliphatic carbocycles. The van der Waals surface area contributed by atoms with Crippen molar-refractivity contribution in [3.63, 3.8) is 0 Å². The number of benzene rings is 1. The van der Waals surface area contributed by atoms with Gasteiger partial charge >= 0.3 is 0 Å². The molecule has 1 heterocycles. The minimum Gasteiger partial charge on any atom is -0.310 e. The summed E-state index contributed by atoms with van der Waals surface area (Å²) >= 11 is 5.94. The van der Waals surface area contributed by atoms with Crippen molar-refractivity contribution in [2.75, 3.05) is 6.54 Å². The molecule has 2 nitrogen and oxygen atoms in total. The van der Waals surface area contributed by atoms with Gasteiger partial charge in [-0.1, -0.05) is 36.7 Å². The van der Waals surface area contributed by atoms with Gasteiger partial charge in [-0.25, -0.2) is 0 Å². The highest BCUT2D eigenvalue weighted by molar-refractivity contribution is 6.30. The average molecular weight is 275 g/mol. The number of halogens is 1. The first kappa shape index (κ1) is 14.0. The molecule has 0 saturated heterocycles. The second kappa shape index (κ2) is 6.69. The summed E-state index contributed by atoms with van der Waals surface area (Å²) in [5, 5.41) is 4.27. The number of nitrogens with zero attached hydrogens (tertiary/aromatic N) is 1. The van der Waals surface area contributed by atoms with Crippen molar-refractivity contribution in [1.82, 2.24) is 10.3 Å². The molecule has 0 radical (unpaired) electrons. The van der Waals surface area contributed by atoms with Crippen LogP contribution in [0.15, 0.2) is 42.6 Å². The van der Waals surface area contributed by atoms with Crippen LogP contribution in [0, 0.1) is 6.92 Å². The monoisotopic (exact) mass is 274 g/mol. The Kier molecular flexibility index (Phi) is 4.94. The maximum absolute atomic E-state index is 5.94.